The van der Waals surface area contributed by atoms with E-state index in [4.69, 9.17) is 22.2 Å². The van der Waals surface area contributed by atoms with Crippen molar-refractivity contribution in [1.82, 2.24) is 15.3 Å². The van der Waals surface area contributed by atoms with Crippen molar-refractivity contribution in [2.75, 3.05) is 41.8 Å². The SMILES string of the molecule is CNC(=S)Nc1nc(N2CCC[C@H](C)C2)cc(N2CCCC[C@H]2C)n1. The number of hydrogen-bond acceptors (Lipinski definition) is 5. The molecule has 0 radical (unpaired) electrons. The molecule has 2 aliphatic heterocycles. The van der Waals surface area contributed by atoms with Crippen LogP contribution in [0.15, 0.2) is 6.07 Å². The molecule has 2 N–H and O–H groups in total. The number of anilines is 3. The smallest absolute Gasteiger partial charge is 0.232 e. The topological polar surface area (TPSA) is 56.3 Å². The van der Waals surface area contributed by atoms with Crippen LogP contribution in [0.1, 0.15) is 46.0 Å². The highest BCUT2D eigenvalue weighted by molar-refractivity contribution is 7.80. The molecule has 3 heterocycles. The minimum absolute atomic E-state index is 0.515. The summed E-state index contributed by atoms with van der Waals surface area (Å²) in [7, 11) is 1.80. The third-order valence-electron chi connectivity index (χ3n) is 5.23. The lowest BCUT2D eigenvalue weighted by Gasteiger charge is -2.36. The Kier molecular flexibility index (Phi) is 5.93. The molecule has 2 aliphatic rings. The molecule has 2 atom stereocenters. The van der Waals surface area contributed by atoms with Crippen LogP contribution in [0.4, 0.5) is 17.6 Å². The van der Waals surface area contributed by atoms with Crippen LogP contribution in [0.2, 0.25) is 0 Å². The monoisotopic (exact) mass is 362 g/mol. The first-order chi connectivity index (χ1) is 12.1. The third kappa shape index (κ3) is 4.51. The molecule has 0 unspecified atom stereocenters. The van der Waals surface area contributed by atoms with E-state index in [0.29, 0.717) is 23.0 Å². The lowest BCUT2D eigenvalue weighted by atomic mass is 10.0. The van der Waals surface area contributed by atoms with Crippen molar-refractivity contribution in [2.24, 2.45) is 5.92 Å². The summed E-state index contributed by atoms with van der Waals surface area (Å²) in [4.78, 5) is 14.3. The Morgan fingerprint density at radius 1 is 1.12 bits per heavy atom. The Balaban J connectivity index is 1.91. The van der Waals surface area contributed by atoms with E-state index < -0.39 is 0 Å². The molecule has 2 saturated heterocycles. The van der Waals surface area contributed by atoms with Gasteiger partial charge < -0.3 is 20.4 Å². The van der Waals surface area contributed by atoms with Crippen molar-refractivity contribution in [2.45, 2.75) is 52.0 Å². The molecule has 138 valence electrons. The van der Waals surface area contributed by atoms with E-state index in [1.807, 2.05) is 0 Å². The van der Waals surface area contributed by atoms with E-state index in [2.05, 4.69) is 40.3 Å². The number of thiocarbonyl (C=S) groups is 1. The zero-order valence-corrected chi connectivity index (χ0v) is 16.4. The fourth-order valence-electron chi connectivity index (χ4n) is 3.79. The van der Waals surface area contributed by atoms with Crippen LogP contribution in [-0.4, -0.2) is 47.8 Å². The maximum absolute atomic E-state index is 5.25. The van der Waals surface area contributed by atoms with Crippen LogP contribution in [-0.2, 0) is 0 Å². The van der Waals surface area contributed by atoms with E-state index in [1.54, 1.807) is 7.05 Å². The molecule has 0 aromatic carbocycles. The largest absolute Gasteiger partial charge is 0.365 e. The van der Waals surface area contributed by atoms with Crippen molar-refractivity contribution < 1.29 is 0 Å². The third-order valence-corrected chi connectivity index (χ3v) is 5.54. The summed E-state index contributed by atoms with van der Waals surface area (Å²) in [6.45, 7) is 7.78. The lowest BCUT2D eigenvalue weighted by Crippen LogP contribution is -2.39. The van der Waals surface area contributed by atoms with Gasteiger partial charge >= 0.3 is 0 Å². The molecule has 1 aromatic heterocycles. The fraction of sp³-hybridized carbons (Fsp3) is 0.722. The van der Waals surface area contributed by atoms with E-state index in [9.17, 15) is 0 Å². The second-order valence-corrected chi connectivity index (χ2v) is 7.75. The van der Waals surface area contributed by atoms with E-state index >= 15 is 0 Å². The standard InChI is InChI=1S/C18H30N6S/c1-13-7-6-9-23(12-13)15-11-16(24-10-5-4-8-14(24)2)21-17(20-15)22-18(25)19-3/h11,13-14H,4-10,12H2,1-3H3,(H2,19,20,21,22,25)/t13-,14+/m0/s1. The number of aromatic nitrogens is 2. The Morgan fingerprint density at radius 2 is 1.92 bits per heavy atom. The average molecular weight is 363 g/mol. The Bertz CT molecular complexity index is 607. The van der Waals surface area contributed by atoms with Gasteiger partial charge in [-0.2, -0.15) is 9.97 Å². The first-order valence-electron chi connectivity index (χ1n) is 9.46. The van der Waals surface area contributed by atoms with Gasteiger partial charge in [-0.15, -0.1) is 0 Å². The van der Waals surface area contributed by atoms with Gasteiger partial charge in [0.15, 0.2) is 5.11 Å². The van der Waals surface area contributed by atoms with Gasteiger partial charge in [-0.05, 0) is 57.2 Å². The Labute approximate surface area is 156 Å². The molecular formula is C18H30N6S. The molecular weight excluding hydrogens is 332 g/mol. The molecule has 0 bridgehead atoms. The highest BCUT2D eigenvalue weighted by atomic mass is 32.1. The first-order valence-corrected chi connectivity index (χ1v) is 9.87. The van der Waals surface area contributed by atoms with Crippen molar-refractivity contribution in [1.29, 1.82) is 0 Å². The number of hydrogen-bond donors (Lipinski definition) is 2. The summed E-state index contributed by atoms with van der Waals surface area (Å²) in [5.74, 6) is 3.31. The molecule has 1 aromatic rings. The second kappa shape index (κ2) is 8.17. The van der Waals surface area contributed by atoms with E-state index in [-0.39, 0.29) is 0 Å². The summed E-state index contributed by atoms with van der Waals surface area (Å²) in [5.41, 5.74) is 0. The van der Waals surface area contributed by atoms with Gasteiger partial charge in [0.05, 0.1) is 0 Å². The van der Waals surface area contributed by atoms with Crippen LogP contribution in [0.5, 0.6) is 0 Å². The molecule has 2 fully saturated rings. The van der Waals surface area contributed by atoms with E-state index in [0.717, 1.165) is 31.3 Å². The summed E-state index contributed by atoms with van der Waals surface area (Å²) < 4.78 is 0. The summed E-state index contributed by atoms with van der Waals surface area (Å²) in [6, 6.07) is 2.67. The minimum atomic E-state index is 0.515. The predicted octanol–water partition coefficient (Wildman–Crippen LogP) is 3.01. The van der Waals surface area contributed by atoms with E-state index in [1.165, 1.54) is 32.1 Å². The average Bonchev–Trinajstić information content (AvgIpc) is 2.61. The van der Waals surface area contributed by atoms with Gasteiger partial charge in [-0.25, -0.2) is 0 Å². The molecule has 0 amide bonds. The van der Waals surface area contributed by atoms with Crippen LogP contribution >= 0.6 is 12.2 Å². The van der Waals surface area contributed by atoms with Gasteiger partial charge in [0.1, 0.15) is 11.6 Å². The molecule has 25 heavy (non-hydrogen) atoms. The number of nitrogens with zero attached hydrogens (tertiary/aromatic N) is 4. The highest BCUT2D eigenvalue weighted by Gasteiger charge is 2.24. The molecule has 0 saturated carbocycles. The molecule has 0 aliphatic carbocycles. The normalized spacial score (nSPS) is 24.1. The Hall–Kier alpha value is -1.63. The number of piperidine rings is 2. The summed E-state index contributed by atoms with van der Waals surface area (Å²) in [6.07, 6.45) is 6.26. The van der Waals surface area contributed by atoms with Crippen LogP contribution in [0, 0.1) is 5.92 Å². The predicted molar refractivity (Wildman–Crippen MR) is 109 cm³/mol. The van der Waals surface area contributed by atoms with Crippen molar-refractivity contribution in [3.8, 4) is 0 Å². The van der Waals surface area contributed by atoms with Crippen LogP contribution < -0.4 is 20.4 Å². The van der Waals surface area contributed by atoms with Gasteiger partial charge in [0.25, 0.3) is 0 Å². The van der Waals surface area contributed by atoms with Gasteiger partial charge in [-0.3, -0.25) is 0 Å². The maximum Gasteiger partial charge on any atom is 0.232 e. The quantitative estimate of drug-likeness (QED) is 0.802. The van der Waals surface area contributed by atoms with Gasteiger partial charge in [0, 0.05) is 38.8 Å². The Morgan fingerprint density at radius 3 is 2.64 bits per heavy atom. The lowest BCUT2D eigenvalue weighted by molar-refractivity contribution is 0.444. The molecule has 0 spiro atoms. The first kappa shape index (κ1) is 18.2. The van der Waals surface area contributed by atoms with Crippen LogP contribution in [0.3, 0.4) is 0 Å². The highest BCUT2D eigenvalue weighted by Crippen LogP contribution is 2.29. The van der Waals surface area contributed by atoms with Crippen LogP contribution in [0.25, 0.3) is 0 Å². The van der Waals surface area contributed by atoms with Gasteiger partial charge in [0.2, 0.25) is 5.95 Å². The summed E-state index contributed by atoms with van der Waals surface area (Å²) in [5, 5.41) is 6.61. The second-order valence-electron chi connectivity index (χ2n) is 7.34. The number of nitrogens with one attached hydrogen (secondary N) is 2. The zero-order valence-electron chi connectivity index (χ0n) is 15.6. The molecule has 6 nitrogen and oxygen atoms in total. The van der Waals surface area contributed by atoms with Crippen molar-refractivity contribution >= 4 is 34.9 Å². The molecule has 3 rings (SSSR count). The zero-order chi connectivity index (χ0) is 17.8. The number of rotatable bonds is 3. The van der Waals surface area contributed by atoms with Crippen molar-refractivity contribution in [3.63, 3.8) is 0 Å². The van der Waals surface area contributed by atoms with Crippen molar-refractivity contribution in [3.05, 3.63) is 6.07 Å². The minimum Gasteiger partial charge on any atom is -0.365 e. The fourth-order valence-corrected chi connectivity index (χ4v) is 3.88. The van der Waals surface area contributed by atoms with Gasteiger partial charge in [-0.1, -0.05) is 6.92 Å². The maximum atomic E-state index is 5.25. The molecule has 7 heteroatoms. The summed E-state index contributed by atoms with van der Waals surface area (Å²) >= 11 is 5.25.